The molecule has 0 saturated heterocycles. The minimum absolute atomic E-state index is 0.451. The van der Waals surface area contributed by atoms with E-state index in [9.17, 15) is 0 Å². The number of hydrogen-bond donors (Lipinski definition) is 2. The van der Waals surface area contributed by atoms with E-state index in [1.807, 2.05) is 0 Å². The molecule has 1 fully saturated rings. The Morgan fingerprint density at radius 3 is 2.81 bits per heavy atom. The van der Waals surface area contributed by atoms with Crippen molar-refractivity contribution < 1.29 is 0 Å². The van der Waals surface area contributed by atoms with E-state index < -0.39 is 0 Å². The molecular weight excluding hydrogens is 196 g/mol. The highest BCUT2D eigenvalue weighted by Gasteiger charge is 2.40. The second-order valence-electron chi connectivity index (χ2n) is 5.12. The molecule has 0 aliphatic heterocycles. The summed E-state index contributed by atoms with van der Waals surface area (Å²) < 4.78 is 0. The van der Waals surface area contributed by atoms with Crippen molar-refractivity contribution in [1.29, 1.82) is 0 Å². The van der Waals surface area contributed by atoms with Crippen LogP contribution in [0.4, 0.5) is 0 Å². The van der Waals surface area contributed by atoms with Crippen LogP contribution >= 0.6 is 0 Å². The number of nitrogens with two attached hydrogens (primary N) is 1. The fourth-order valence-electron chi connectivity index (χ4n) is 2.08. The predicted molar refractivity (Wildman–Crippen MR) is 68.5 cm³/mol. The zero-order valence-corrected chi connectivity index (χ0v) is 10.1. The molecule has 0 bridgehead atoms. The summed E-state index contributed by atoms with van der Waals surface area (Å²) >= 11 is 0. The van der Waals surface area contributed by atoms with Gasteiger partial charge in [0, 0.05) is 6.54 Å². The summed E-state index contributed by atoms with van der Waals surface area (Å²) in [5.41, 5.74) is 8.96. The van der Waals surface area contributed by atoms with Gasteiger partial charge in [-0.05, 0) is 50.3 Å². The Hall–Kier alpha value is -0.860. The topological polar surface area (TPSA) is 38.0 Å². The molecule has 2 nitrogen and oxygen atoms in total. The molecule has 0 radical (unpaired) electrons. The van der Waals surface area contributed by atoms with Crippen LogP contribution in [-0.4, -0.2) is 19.6 Å². The molecule has 0 spiro atoms. The monoisotopic (exact) mass is 218 g/mol. The van der Waals surface area contributed by atoms with Crippen LogP contribution < -0.4 is 11.1 Å². The van der Waals surface area contributed by atoms with Crippen molar-refractivity contribution in [2.75, 3.05) is 19.6 Å². The molecule has 0 aromatic heterocycles. The summed E-state index contributed by atoms with van der Waals surface area (Å²) in [5, 5.41) is 3.53. The Morgan fingerprint density at radius 1 is 1.38 bits per heavy atom. The van der Waals surface area contributed by atoms with Gasteiger partial charge in [-0.25, -0.2) is 0 Å². The fourth-order valence-corrected chi connectivity index (χ4v) is 2.08. The molecule has 1 saturated carbocycles. The van der Waals surface area contributed by atoms with Gasteiger partial charge in [0.15, 0.2) is 0 Å². The Morgan fingerprint density at radius 2 is 2.19 bits per heavy atom. The van der Waals surface area contributed by atoms with Crippen LogP contribution in [0.15, 0.2) is 24.3 Å². The van der Waals surface area contributed by atoms with Crippen molar-refractivity contribution in [2.24, 2.45) is 11.1 Å². The Balaban J connectivity index is 1.68. The van der Waals surface area contributed by atoms with Gasteiger partial charge in [0.1, 0.15) is 0 Å². The molecule has 0 atom stereocenters. The van der Waals surface area contributed by atoms with E-state index in [2.05, 4.69) is 36.5 Å². The summed E-state index contributed by atoms with van der Waals surface area (Å²) in [6, 6.07) is 8.74. The molecule has 2 rings (SSSR count). The normalized spacial score (nSPS) is 17.4. The van der Waals surface area contributed by atoms with E-state index in [0.717, 1.165) is 26.1 Å². The fraction of sp³-hybridized carbons (Fsp3) is 0.571. The van der Waals surface area contributed by atoms with E-state index >= 15 is 0 Å². The van der Waals surface area contributed by atoms with E-state index in [-0.39, 0.29) is 0 Å². The van der Waals surface area contributed by atoms with Crippen molar-refractivity contribution in [3.63, 3.8) is 0 Å². The molecular formula is C14H22N2. The SMILES string of the molecule is Cc1cccc(CCNCC2(CN)CC2)c1. The van der Waals surface area contributed by atoms with Crippen molar-refractivity contribution in [1.82, 2.24) is 5.32 Å². The van der Waals surface area contributed by atoms with Gasteiger partial charge < -0.3 is 11.1 Å². The molecule has 0 unspecified atom stereocenters. The Labute approximate surface area is 98.2 Å². The number of hydrogen-bond acceptors (Lipinski definition) is 2. The standard InChI is InChI=1S/C14H22N2/c1-12-3-2-4-13(9-12)5-8-16-11-14(10-15)6-7-14/h2-4,9,16H,5-8,10-11,15H2,1H3. The zero-order chi connectivity index (χ0) is 11.4. The zero-order valence-electron chi connectivity index (χ0n) is 10.1. The molecule has 2 heteroatoms. The molecule has 0 amide bonds. The van der Waals surface area contributed by atoms with E-state index in [1.165, 1.54) is 24.0 Å². The minimum atomic E-state index is 0.451. The van der Waals surface area contributed by atoms with Crippen LogP contribution in [0.1, 0.15) is 24.0 Å². The molecule has 1 aromatic rings. The number of rotatable bonds is 6. The van der Waals surface area contributed by atoms with Gasteiger partial charge >= 0.3 is 0 Å². The third-order valence-electron chi connectivity index (χ3n) is 3.56. The molecule has 16 heavy (non-hydrogen) atoms. The van der Waals surface area contributed by atoms with Gasteiger partial charge in [0.2, 0.25) is 0 Å². The van der Waals surface area contributed by atoms with Crippen LogP contribution in [0.25, 0.3) is 0 Å². The lowest BCUT2D eigenvalue weighted by molar-refractivity contribution is 0.470. The predicted octanol–water partition coefficient (Wildman–Crippen LogP) is 1.87. The highest BCUT2D eigenvalue weighted by atomic mass is 14.9. The molecule has 3 N–H and O–H groups in total. The van der Waals surface area contributed by atoms with E-state index in [4.69, 9.17) is 5.73 Å². The lowest BCUT2D eigenvalue weighted by Gasteiger charge is -2.13. The summed E-state index contributed by atoms with van der Waals surface area (Å²) in [7, 11) is 0. The van der Waals surface area contributed by atoms with Crippen molar-refractivity contribution in [2.45, 2.75) is 26.2 Å². The highest BCUT2D eigenvalue weighted by molar-refractivity contribution is 5.22. The van der Waals surface area contributed by atoms with Crippen molar-refractivity contribution in [3.05, 3.63) is 35.4 Å². The summed E-state index contributed by atoms with van der Waals surface area (Å²) in [5.74, 6) is 0. The molecule has 1 aromatic carbocycles. The number of nitrogens with one attached hydrogen (secondary N) is 1. The highest BCUT2D eigenvalue weighted by Crippen LogP contribution is 2.43. The Bertz CT molecular complexity index is 342. The average Bonchev–Trinajstić information content (AvgIpc) is 3.05. The first-order chi connectivity index (χ1) is 7.74. The van der Waals surface area contributed by atoms with Crippen molar-refractivity contribution in [3.8, 4) is 0 Å². The van der Waals surface area contributed by atoms with Crippen molar-refractivity contribution >= 4 is 0 Å². The maximum atomic E-state index is 5.74. The van der Waals surface area contributed by atoms with Crippen LogP contribution in [0.3, 0.4) is 0 Å². The van der Waals surface area contributed by atoms with Gasteiger partial charge in [0.05, 0.1) is 0 Å². The summed E-state index contributed by atoms with van der Waals surface area (Å²) in [6.45, 7) is 5.13. The second kappa shape index (κ2) is 4.98. The van der Waals surface area contributed by atoms with E-state index in [0.29, 0.717) is 5.41 Å². The number of benzene rings is 1. The summed E-state index contributed by atoms with van der Waals surface area (Å²) in [4.78, 5) is 0. The van der Waals surface area contributed by atoms with Gasteiger partial charge in [0.25, 0.3) is 0 Å². The average molecular weight is 218 g/mol. The first kappa shape index (κ1) is 11.6. The first-order valence-corrected chi connectivity index (χ1v) is 6.20. The van der Waals surface area contributed by atoms with Crippen LogP contribution in [0, 0.1) is 12.3 Å². The number of aryl methyl sites for hydroxylation is 1. The lowest BCUT2D eigenvalue weighted by atomic mass is 10.1. The maximum absolute atomic E-state index is 5.74. The van der Waals surface area contributed by atoms with Gasteiger partial charge in [-0.15, -0.1) is 0 Å². The smallest absolute Gasteiger partial charge is 0.00200 e. The third kappa shape index (κ3) is 3.06. The molecule has 0 heterocycles. The largest absolute Gasteiger partial charge is 0.330 e. The third-order valence-corrected chi connectivity index (χ3v) is 3.56. The van der Waals surface area contributed by atoms with Gasteiger partial charge in [-0.1, -0.05) is 29.8 Å². The quantitative estimate of drug-likeness (QED) is 0.715. The molecule has 1 aliphatic carbocycles. The second-order valence-corrected chi connectivity index (χ2v) is 5.12. The molecule has 1 aliphatic rings. The van der Waals surface area contributed by atoms with Gasteiger partial charge in [-0.2, -0.15) is 0 Å². The van der Waals surface area contributed by atoms with Crippen LogP contribution in [0.5, 0.6) is 0 Å². The van der Waals surface area contributed by atoms with Gasteiger partial charge in [-0.3, -0.25) is 0 Å². The first-order valence-electron chi connectivity index (χ1n) is 6.20. The maximum Gasteiger partial charge on any atom is 0.00200 e. The van der Waals surface area contributed by atoms with E-state index in [1.54, 1.807) is 0 Å². The minimum Gasteiger partial charge on any atom is -0.330 e. The Kier molecular flexibility index (Phi) is 3.62. The molecule has 88 valence electrons. The van der Waals surface area contributed by atoms with Crippen LogP contribution in [-0.2, 0) is 6.42 Å². The summed E-state index contributed by atoms with van der Waals surface area (Å²) in [6.07, 6.45) is 3.73. The lowest BCUT2D eigenvalue weighted by Crippen LogP contribution is -2.30. The van der Waals surface area contributed by atoms with Crippen LogP contribution in [0.2, 0.25) is 0 Å².